The molecule has 0 unspecified atom stereocenters. The first-order valence-corrected chi connectivity index (χ1v) is 7.98. The average molecular weight is 311 g/mol. The Kier molecular flexibility index (Phi) is 4.11. The molecule has 0 saturated heterocycles. The second-order valence-corrected chi connectivity index (χ2v) is 6.08. The van der Waals surface area contributed by atoms with E-state index in [4.69, 9.17) is 4.74 Å². The fourth-order valence-corrected chi connectivity index (χ4v) is 3.05. The van der Waals surface area contributed by atoms with Crippen LogP contribution in [0.15, 0.2) is 36.4 Å². The minimum atomic E-state index is 0.162. The van der Waals surface area contributed by atoms with E-state index in [2.05, 4.69) is 30.1 Å². The molecular weight excluding hydrogens is 294 g/mol. The summed E-state index contributed by atoms with van der Waals surface area (Å²) in [7, 11) is 0. The van der Waals surface area contributed by atoms with E-state index in [0.29, 0.717) is 12.4 Å². The second-order valence-electron chi connectivity index (χ2n) is 5.02. The van der Waals surface area contributed by atoms with Crippen molar-refractivity contribution in [3.63, 3.8) is 0 Å². The summed E-state index contributed by atoms with van der Waals surface area (Å²) in [6.45, 7) is 4.49. The lowest BCUT2D eigenvalue weighted by atomic mass is 10.2. The van der Waals surface area contributed by atoms with E-state index in [1.165, 1.54) is 10.3 Å². The molecule has 0 bridgehead atoms. The maximum Gasteiger partial charge on any atom is 0.161 e. The fraction of sp³-hybridized carbons (Fsp3) is 0.167. The zero-order chi connectivity index (χ0) is 15.5. The van der Waals surface area contributed by atoms with Crippen LogP contribution in [0, 0.1) is 6.92 Å². The maximum absolute atomic E-state index is 9.71. The van der Waals surface area contributed by atoms with Gasteiger partial charge in [-0.15, -0.1) is 11.3 Å². The first kappa shape index (κ1) is 14.6. The predicted octanol–water partition coefficient (Wildman–Crippen LogP) is 4.88. The Balaban J connectivity index is 1.87. The lowest BCUT2D eigenvalue weighted by Gasteiger charge is -2.05. The number of hydrogen-bond donors (Lipinski definition) is 1. The number of aromatic hydroxyl groups is 1. The van der Waals surface area contributed by atoms with E-state index in [0.717, 1.165) is 16.1 Å². The van der Waals surface area contributed by atoms with E-state index in [1.807, 2.05) is 31.2 Å². The van der Waals surface area contributed by atoms with E-state index >= 15 is 0 Å². The molecule has 0 atom stereocenters. The normalized spacial score (nSPS) is 11.4. The van der Waals surface area contributed by atoms with Crippen LogP contribution >= 0.6 is 11.3 Å². The number of hydrogen-bond acceptors (Lipinski definition) is 4. The van der Waals surface area contributed by atoms with Crippen molar-refractivity contribution in [1.29, 1.82) is 0 Å². The third kappa shape index (κ3) is 3.12. The number of aryl methyl sites for hydroxylation is 1. The van der Waals surface area contributed by atoms with Gasteiger partial charge in [0.25, 0.3) is 0 Å². The molecule has 0 spiro atoms. The molecule has 0 amide bonds. The Bertz CT molecular complexity index is 836. The van der Waals surface area contributed by atoms with Gasteiger partial charge in [-0.25, -0.2) is 4.98 Å². The van der Waals surface area contributed by atoms with Crippen LogP contribution in [-0.2, 0) is 0 Å². The SMILES string of the molecule is CCOc1cc(/C=C/c2nc3cc(C)ccc3s2)ccc1O. The molecule has 0 aliphatic rings. The van der Waals surface area contributed by atoms with Gasteiger partial charge in [-0.3, -0.25) is 0 Å². The largest absolute Gasteiger partial charge is 0.504 e. The summed E-state index contributed by atoms with van der Waals surface area (Å²) in [5, 5.41) is 10.7. The van der Waals surface area contributed by atoms with Crippen molar-refractivity contribution >= 4 is 33.7 Å². The highest BCUT2D eigenvalue weighted by atomic mass is 32.1. The van der Waals surface area contributed by atoms with Crippen LogP contribution in [0.2, 0.25) is 0 Å². The van der Waals surface area contributed by atoms with Gasteiger partial charge in [0, 0.05) is 0 Å². The number of aromatic nitrogens is 1. The zero-order valence-corrected chi connectivity index (χ0v) is 13.4. The van der Waals surface area contributed by atoms with Crippen molar-refractivity contribution in [1.82, 2.24) is 4.98 Å². The van der Waals surface area contributed by atoms with Gasteiger partial charge >= 0.3 is 0 Å². The van der Waals surface area contributed by atoms with Crippen LogP contribution in [0.25, 0.3) is 22.4 Å². The number of phenolic OH excluding ortho intramolecular Hbond substituents is 1. The summed E-state index contributed by atoms with van der Waals surface area (Å²) in [6, 6.07) is 11.6. The molecular formula is C18H17NO2S. The number of fused-ring (bicyclic) bond motifs is 1. The summed E-state index contributed by atoms with van der Waals surface area (Å²) in [5.41, 5.74) is 3.22. The molecule has 22 heavy (non-hydrogen) atoms. The summed E-state index contributed by atoms with van der Waals surface area (Å²) in [4.78, 5) is 4.62. The topological polar surface area (TPSA) is 42.4 Å². The number of thiazole rings is 1. The van der Waals surface area contributed by atoms with Gasteiger partial charge in [-0.05, 0) is 55.3 Å². The molecule has 4 heteroatoms. The average Bonchev–Trinajstić information content (AvgIpc) is 2.90. The minimum absolute atomic E-state index is 0.162. The van der Waals surface area contributed by atoms with Crippen LogP contribution in [0.1, 0.15) is 23.1 Å². The Morgan fingerprint density at radius 2 is 2.05 bits per heavy atom. The summed E-state index contributed by atoms with van der Waals surface area (Å²) < 4.78 is 6.58. The molecule has 2 aromatic carbocycles. The number of ether oxygens (including phenoxy) is 1. The van der Waals surface area contributed by atoms with Gasteiger partial charge in [0.15, 0.2) is 11.5 Å². The molecule has 3 rings (SSSR count). The number of nitrogens with zero attached hydrogens (tertiary/aromatic N) is 1. The van der Waals surface area contributed by atoms with Gasteiger partial charge in [0.2, 0.25) is 0 Å². The highest BCUT2D eigenvalue weighted by Crippen LogP contribution is 2.28. The van der Waals surface area contributed by atoms with Gasteiger partial charge in [-0.2, -0.15) is 0 Å². The highest BCUT2D eigenvalue weighted by Gasteiger charge is 2.03. The lowest BCUT2D eigenvalue weighted by Crippen LogP contribution is -1.91. The molecule has 3 aromatic rings. The number of benzene rings is 2. The maximum atomic E-state index is 9.71. The fourth-order valence-electron chi connectivity index (χ4n) is 2.20. The van der Waals surface area contributed by atoms with Crippen molar-refractivity contribution in [3.8, 4) is 11.5 Å². The van der Waals surface area contributed by atoms with Gasteiger partial charge in [-0.1, -0.05) is 18.2 Å². The van der Waals surface area contributed by atoms with Gasteiger partial charge in [0.1, 0.15) is 5.01 Å². The number of phenols is 1. The molecule has 0 fully saturated rings. The molecule has 0 radical (unpaired) electrons. The van der Waals surface area contributed by atoms with Crippen LogP contribution < -0.4 is 4.74 Å². The van der Waals surface area contributed by atoms with Crippen LogP contribution in [0.5, 0.6) is 11.5 Å². The molecule has 0 aliphatic heterocycles. The third-order valence-corrected chi connectivity index (χ3v) is 4.26. The quantitative estimate of drug-likeness (QED) is 0.746. The van der Waals surface area contributed by atoms with Gasteiger partial charge in [0.05, 0.1) is 16.8 Å². The lowest BCUT2D eigenvalue weighted by molar-refractivity contribution is 0.318. The van der Waals surface area contributed by atoms with E-state index in [-0.39, 0.29) is 5.75 Å². The Labute approximate surface area is 133 Å². The summed E-state index contributed by atoms with van der Waals surface area (Å²) in [5.74, 6) is 0.666. The standard InChI is InChI=1S/C18H17NO2S/c1-3-21-16-11-13(5-7-15(16)20)6-9-18-19-14-10-12(2)4-8-17(14)22-18/h4-11,20H,3H2,1-2H3/b9-6+. The summed E-state index contributed by atoms with van der Waals surface area (Å²) in [6.07, 6.45) is 3.97. The minimum Gasteiger partial charge on any atom is -0.504 e. The Morgan fingerprint density at radius 3 is 2.86 bits per heavy atom. The first-order valence-electron chi connectivity index (χ1n) is 7.17. The van der Waals surface area contributed by atoms with Crippen molar-refractivity contribution in [2.45, 2.75) is 13.8 Å². The van der Waals surface area contributed by atoms with Crippen LogP contribution in [-0.4, -0.2) is 16.7 Å². The molecule has 0 saturated carbocycles. The Hall–Kier alpha value is -2.33. The Morgan fingerprint density at radius 1 is 1.18 bits per heavy atom. The van der Waals surface area contributed by atoms with Crippen molar-refractivity contribution < 1.29 is 9.84 Å². The van der Waals surface area contributed by atoms with Crippen LogP contribution in [0.3, 0.4) is 0 Å². The van der Waals surface area contributed by atoms with Crippen molar-refractivity contribution in [2.24, 2.45) is 0 Å². The van der Waals surface area contributed by atoms with E-state index < -0.39 is 0 Å². The van der Waals surface area contributed by atoms with E-state index in [9.17, 15) is 5.11 Å². The zero-order valence-electron chi connectivity index (χ0n) is 12.5. The molecule has 112 valence electrons. The van der Waals surface area contributed by atoms with Gasteiger partial charge < -0.3 is 9.84 Å². The summed E-state index contributed by atoms with van der Waals surface area (Å²) >= 11 is 1.66. The molecule has 3 nitrogen and oxygen atoms in total. The third-order valence-electron chi connectivity index (χ3n) is 3.26. The second kappa shape index (κ2) is 6.20. The highest BCUT2D eigenvalue weighted by molar-refractivity contribution is 7.19. The molecule has 0 aliphatic carbocycles. The van der Waals surface area contributed by atoms with Crippen molar-refractivity contribution in [3.05, 3.63) is 52.5 Å². The van der Waals surface area contributed by atoms with Crippen molar-refractivity contribution in [2.75, 3.05) is 6.61 Å². The molecule has 1 N–H and O–H groups in total. The van der Waals surface area contributed by atoms with E-state index in [1.54, 1.807) is 17.4 Å². The monoisotopic (exact) mass is 311 g/mol. The van der Waals surface area contributed by atoms with Crippen LogP contribution in [0.4, 0.5) is 0 Å². The predicted molar refractivity (Wildman–Crippen MR) is 92.6 cm³/mol. The first-order chi connectivity index (χ1) is 10.7. The molecule has 1 aromatic heterocycles. The number of rotatable bonds is 4. The smallest absolute Gasteiger partial charge is 0.161 e. The molecule has 1 heterocycles.